The number of phenols is 2. The van der Waals surface area contributed by atoms with E-state index in [2.05, 4.69) is 9.44 Å². The summed E-state index contributed by atoms with van der Waals surface area (Å²) in [5.41, 5.74) is -0.0278. The van der Waals surface area contributed by atoms with Crippen LogP contribution in [0.3, 0.4) is 0 Å². The van der Waals surface area contributed by atoms with Crippen molar-refractivity contribution in [3.05, 3.63) is 53.6 Å². The number of aliphatic hydroxyl groups excluding tert-OH is 4. The first-order valence-corrected chi connectivity index (χ1v) is 16.7. The number of carbonyl (C=O) groups is 1. The quantitative estimate of drug-likeness (QED) is 0.0230. The summed E-state index contributed by atoms with van der Waals surface area (Å²) in [6.45, 7) is 0.452. The summed E-state index contributed by atoms with van der Waals surface area (Å²) >= 11 is 0.643. The number of aliphatic hydroxyl groups is 4. The molecule has 5 atom stereocenters. The number of aromatic hydroxyl groups is 2. The van der Waals surface area contributed by atoms with E-state index < -0.39 is 52.8 Å². The highest BCUT2D eigenvalue weighted by Crippen LogP contribution is 2.37. The smallest absolute Gasteiger partial charge is 0.330 e. The molecule has 2 aromatic carbocycles. The summed E-state index contributed by atoms with van der Waals surface area (Å²) in [5.74, 6) is 0.0548. The highest BCUT2D eigenvalue weighted by atomic mass is 32.3. The zero-order valence-corrected chi connectivity index (χ0v) is 29.0. The first-order valence-electron chi connectivity index (χ1n) is 14.4. The molecular weight excluding hydrogens is 692 g/mol. The van der Waals surface area contributed by atoms with Crippen LogP contribution in [0.15, 0.2) is 47.6 Å². The van der Waals surface area contributed by atoms with E-state index in [4.69, 9.17) is 18.9 Å². The Morgan fingerprint density at radius 3 is 2.12 bits per heavy atom. The molecule has 19 heteroatoms. The lowest BCUT2D eigenvalue weighted by Gasteiger charge is -2.39. The van der Waals surface area contributed by atoms with Gasteiger partial charge in [0.15, 0.2) is 11.5 Å². The lowest BCUT2D eigenvalue weighted by molar-refractivity contribution is -0.870. The molecule has 6 N–H and O–H groups in total. The lowest BCUT2D eigenvalue weighted by atomic mass is 10.0. The van der Waals surface area contributed by atoms with Crippen LogP contribution >= 0.6 is 11.8 Å². The fourth-order valence-electron chi connectivity index (χ4n) is 3.91. The van der Waals surface area contributed by atoms with Crippen molar-refractivity contribution in [2.24, 2.45) is 5.16 Å². The van der Waals surface area contributed by atoms with Crippen molar-refractivity contribution in [2.45, 2.75) is 36.3 Å². The molecule has 17 nitrogen and oxygen atoms in total. The largest absolute Gasteiger partial charge is 0.714 e. The SMILES string of the molecule is COc1cc(/C=C/C(=O)OCC[N+](C)(C)C)cc(OC)c1O.O=S(=O)([O-])O/N=C(\Cc1ccc(O)cc1)S[C@@H]1O[C@H](CO)[C@@H](O)[C@H](O)[C@H]1O. The Bertz CT molecular complexity index is 1500. The van der Waals surface area contributed by atoms with Crippen LogP contribution in [-0.4, -0.2) is 144 Å². The van der Waals surface area contributed by atoms with Crippen molar-refractivity contribution in [3.8, 4) is 23.0 Å². The molecule has 1 heterocycles. The Labute approximate surface area is 288 Å². The summed E-state index contributed by atoms with van der Waals surface area (Å²) < 4.78 is 57.2. The van der Waals surface area contributed by atoms with Crippen molar-refractivity contribution < 1.29 is 76.1 Å². The van der Waals surface area contributed by atoms with Gasteiger partial charge >= 0.3 is 5.97 Å². The number of ether oxygens (including phenoxy) is 4. The average molecular weight is 735 g/mol. The van der Waals surface area contributed by atoms with E-state index >= 15 is 0 Å². The van der Waals surface area contributed by atoms with Crippen molar-refractivity contribution in [1.29, 1.82) is 0 Å². The van der Waals surface area contributed by atoms with Crippen LogP contribution in [0.2, 0.25) is 0 Å². The topological polar surface area (TPSA) is 254 Å². The van der Waals surface area contributed by atoms with Crippen molar-refractivity contribution in [1.82, 2.24) is 0 Å². The molecule has 0 saturated carbocycles. The number of hydrogen-bond donors (Lipinski definition) is 6. The Morgan fingerprint density at radius 1 is 1.02 bits per heavy atom. The number of benzene rings is 2. The van der Waals surface area contributed by atoms with Gasteiger partial charge in [-0.2, -0.15) is 8.42 Å². The number of phenolic OH excluding ortho intramolecular Hbond substituents is 2. The van der Waals surface area contributed by atoms with Crippen LogP contribution in [0.4, 0.5) is 0 Å². The Kier molecular flexibility index (Phi) is 16.0. The van der Waals surface area contributed by atoms with Gasteiger partial charge in [0.1, 0.15) is 53.8 Å². The van der Waals surface area contributed by atoms with Gasteiger partial charge in [-0.3, -0.25) is 4.28 Å². The van der Waals surface area contributed by atoms with Crippen LogP contribution in [0, 0.1) is 0 Å². The first-order chi connectivity index (χ1) is 22.9. The third kappa shape index (κ3) is 14.4. The molecule has 0 spiro atoms. The van der Waals surface area contributed by atoms with Crippen LogP contribution in [0.1, 0.15) is 11.1 Å². The van der Waals surface area contributed by atoms with Gasteiger partial charge in [0.2, 0.25) is 5.75 Å². The molecule has 49 heavy (non-hydrogen) atoms. The number of quaternary nitrogens is 1. The Hall–Kier alpha value is -3.66. The number of esters is 1. The van der Waals surface area contributed by atoms with E-state index in [-0.39, 0.29) is 34.5 Å². The van der Waals surface area contributed by atoms with Gasteiger partial charge in [-0.1, -0.05) is 29.1 Å². The van der Waals surface area contributed by atoms with Crippen molar-refractivity contribution in [2.75, 3.05) is 55.1 Å². The minimum Gasteiger partial charge on any atom is -0.714 e. The molecule has 0 radical (unpaired) electrons. The van der Waals surface area contributed by atoms with E-state index in [1.807, 2.05) is 21.1 Å². The Balaban J connectivity index is 0.000000348. The second-order valence-corrected chi connectivity index (χ2v) is 13.6. The predicted octanol–water partition coefficient (Wildman–Crippen LogP) is -0.0699. The summed E-state index contributed by atoms with van der Waals surface area (Å²) in [6.07, 6.45) is -3.10. The van der Waals surface area contributed by atoms with E-state index in [1.165, 1.54) is 44.6 Å². The molecule has 3 rings (SSSR count). The van der Waals surface area contributed by atoms with Crippen LogP contribution in [0.5, 0.6) is 23.0 Å². The summed E-state index contributed by atoms with van der Waals surface area (Å²) in [6, 6.07) is 8.96. The molecule has 1 aliphatic heterocycles. The zero-order chi connectivity index (χ0) is 36.9. The number of likely N-dealkylation sites (N-methyl/N-ethyl adjacent to an activating group) is 1. The molecular formula is C30H42N2O15S2. The minimum absolute atomic E-state index is 0.00258. The zero-order valence-electron chi connectivity index (χ0n) is 27.4. The second kappa shape index (κ2) is 18.9. The van der Waals surface area contributed by atoms with Gasteiger partial charge in [-0.15, -0.1) is 0 Å². The maximum absolute atomic E-state index is 11.7. The lowest BCUT2D eigenvalue weighted by Crippen LogP contribution is -2.57. The van der Waals surface area contributed by atoms with E-state index in [0.717, 1.165) is 11.0 Å². The molecule has 2 aromatic rings. The molecule has 1 aliphatic rings. The molecule has 1 saturated heterocycles. The molecule has 0 bridgehead atoms. The fourth-order valence-corrected chi connectivity index (χ4v) is 5.24. The fraction of sp³-hybridized carbons (Fsp3) is 0.467. The minimum atomic E-state index is -5.13. The summed E-state index contributed by atoms with van der Waals surface area (Å²) in [7, 11) is 3.84. The summed E-state index contributed by atoms with van der Waals surface area (Å²) in [5, 5.41) is 61.1. The van der Waals surface area contributed by atoms with Gasteiger partial charge in [0, 0.05) is 12.5 Å². The average Bonchev–Trinajstić information content (AvgIpc) is 3.03. The second-order valence-electron chi connectivity index (χ2n) is 11.4. The molecule has 274 valence electrons. The number of methoxy groups -OCH3 is 2. The standard InChI is InChI=1S/C16H23NO5.C14H19NO10S2/c1-17(2,3)8-9-22-15(18)7-6-12-10-13(20-4)16(19)14(11-12)21-5;16-6-9-11(18)12(19)13(20)14(24-9)26-10(15-25-27(21,22)23)5-7-1-3-8(17)4-2-7/h6-7,10-11H,8-9H2,1-5H3;1-4,9,11-14,16-20H,5-6H2,(H,21,22,23)/b;15-10+/t;9-,11-,12+,13-,14+/m.1/s1. The normalized spacial score (nSPS) is 21.4. The third-order valence-corrected chi connectivity index (χ3v) is 7.91. The highest BCUT2D eigenvalue weighted by molar-refractivity contribution is 8.14. The van der Waals surface area contributed by atoms with Crippen molar-refractivity contribution in [3.63, 3.8) is 0 Å². The molecule has 0 aliphatic carbocycles. The molecule has 0 amide bonds. The van der Waals surface area contributed by atoms with Gasteiger partial charge in [0.05, 0.1) is 42.0 Å². The Morgan fingerprint density at radius 2 is 1.61 bits per heavy atom. The van der Waals surface area contributed by atoms with Gasteiger partial charge in [-0.25, -0.2) is 4.79 Å². The third-order valence-electron chi connectivity index (χ3n) is 6.54. The monoisotopic (exact) mass is 734 g/mol. The number of rotatable bonds is 13. The summed E-state index contributed by atoms with van der Waals surface area (Å²) in [4.78, 5) is 11.7. The number of oxime groups is 1. The van der Waals surface area contributed by atoms with E-state index in [9.17, 15) is 48.4 Å². The first kappa shape index (κ1) is 41.5. The van der Waals surface area contributed by atoms with Crippen LogP contribution in [-0.2, 0) is 35.4 Å². The van der Waals surface area contributed by atoms with E-state index in [0.29, 0.717) is 29.5 Å². The molecule has 0 aromatic heterocycles. The van der Waals surface area contributed by atoms with Crippen LogP contribution in [0.25, 0.3) is 6.08 Å². The number of carbonyl (C=O) groups excluding carboxylic acids is 1. The predicted molar refractivity (Wildman–Crippen MR) is 175 cm³/mol. The highest BCUT2D eigenvalue weighted by Gasteiger charge is 2.44. The van der Waals surface area contributed by atoms with Gasteiger partial charge in [0.25, 0.3) is 10.4 Å². The molecule has 1 fully saturated rings. The van der Waals surface area contributed by atoms with Crippen LogP contribution < -0.4 is 9.47 Å². The maximum Gasteiger partial charge on any atom is 0.330 e. The van der Waals surface area contributed by atoms with Gasteiger partial charge in [-0.05, 0) is 41.5 Å². The number of hydrogen-bond acceptors (Lipinski definition) is 17. The van der Waals surface area contributed by atoms with Gasteiger partial charge < -0.3 is 58.6 Å². The number of thioether (sulfide) groups is 1. The van der Waals surface area contributed by atoms with Crippen molar-refractivity contribution >= 4 is 39.2 Å². The molecule has 0 unspecified atom stereocenters. The van der Waals surface area contributed by atoms with E-state index in [1.54, 1.807) is 18.2 Å². The number of nitrogens with zero attached hydrogens (tertiary/aromatic N) is 2. The maximum atomic E-state index is 11.7.